The fourth-order valence-corrected chi connectivity index (χ4v) is 1.64. The highest BCUT2D eigenvalue weighted by atomic mass is 16.7. The molecule has 0 bridgehead atoms. The third-order valence-electron chi connectivity index (χ3n) is 2.53. The Morgan fingerprint density at radius 2 is 1.17 bits per heavy atom. The van der Waals surface area contributed by atoms with Crippen molar-refractivity contribution in [1.82, 2.24) is 0 Å². The van der Waals surface area contributed by atoms with E-state index in [1.54, 1.807) is 36.4 Å². The molecule has 2 aromatic rings. The van der Waals surface area contributed by atoms with E-state index in [2.05, 4.69) is 9.68 Å². The normalized spacial score (nSPS) is 10.1. The second-order valence-corrected chi connectivity index (χ2v) is 3.59. The lowest BCUT2D eigenvalue weighted by atomic mass is 10.0. The van der Waals surface area contributed by atoms with Crippen molar-refractivity contribution in [1.29, 1.82) is 0 Å². The van der Waals surface area contributed by atoms with E-state index < -0.39 is 11.9 Å². The molecule has 0 fully saturated rings. The number of hydrogen-bond donors (Lipinski definition) is 2. The highest BCUT2D eigenvalue weighted by molar-refractivity contribution is 5.98. The first-order valence-corrected chi connectivity index (χ1v) is 5.01. The van der Waals surface area contributed by atoms with Crippen LogP contribution in [0.5, 0.6) is 0 Å². The Bertz CT molecular complexity index is 569. The Balaban J connectivity index is 2.48. The number of carbonyl (C=O) groups is 2. The van der Waals surface area contributed by atoms with Gasteiger partial charge in [-0.15, -0.1) is 0 Å². The number of hydrogen-bond acceptors (Lipinski definition) is 6. The zero-order chi connectivity index (χ0) is 13.1. The smallest absolute Gasteiger partial charge is 0.356 e. The Morgan fingerprint density at radius 1 is 0.778 bits per heavy atom. The average molecular weight is 246 g/mol. The molecule has 0 aromatic heterocycles. The molecule has 0 heterocycles. The summed E-state index contributed by atoms with van der Waals surface area (Å²) < 4.78 is 0. The second kappa shape index (κ2) is 4.82. The van der Waals surface area contributed by atoms with Gasteiger partial charge in [-0.1, -0.05) is 12.1 Å². The van der Waals surface area contributed by atoms with Crippen LogP contribution in [0.4, 0.5) is 0 Å². The SMILES string of the molecule is NOC(=O)c1ccc2cc(C(=O)ON)ccc2c1. The lowest BCUT2D eigenvalue weighted by Crippen LogP contribution is -2.10. The molecule has 2 rings (SSSR count). The molecule has 0 amide bonds. The summed E-state index contributed by atoms with van der Waals surface area (Å²) in [5.74, 6) is 8.37. The Hall–Kier alpha value is -2.44. The van der Waals surface area contributed by atoms with Gasteiger partial charge in [0.25, 0.3) is 0 Å². The first kappa shape index (κ1) is 12.0. The minimum atomic E-state index is -0.623. The van der Waals surface area contributed by atoms with E-state index in [0.29, 0.717) is 11.1 Å². The number of rotatable bonds is 2. The molecular weight excluding hydrogens is 236 g/mol. The van der Waals surface area contributed by atoms with Gasteiger partial charge in [-0.2, -0.15) is 11.8 Å². The molecule has 0 radical (unpaired) electrons. The van der Waals surface area contributed by atoms with Gasteiger partial charge in [0, 0.05) is 0 Å². The summed E-state index contributed by atoms with van der Waals surface area (Å²) in [5, 5.41) is 1.54. The van der Waals surface area contributed by atoms with Crippen LogP contribution in [0, 0.1) is 0 Å². The van der Waals surface area contributed by atoms with Crippen molar-refractivity contribution in [3.05, 3.63) is 47.5 Å². The molecule has 0 aliphatic carbocycles. The summed E-state index contributed by atoms with van der Waals surface area (Å²) in [6.45, 7) is 0. The quantitative estimate of drug-likeness (QED) is 0.763. The first-order valence-electron chi connectivity index (χ1n) is 5.01. The van der Waals surface area contributed by atoms with Crippen molar-refractivity contribution in [3.63, 3.8) is 0 Å². The fraction of sp³-hybridized carbons (Fsp3) is 0. The van der Waals surface area contributed by atoms with E-state index in [4.69, 9.17) is 11.8 Å². The molecular formula is C12H10N2O4. The van der Waals surface area contributed by atoms with Crippen LogP contribution in [0.15, 0.2) is 36.4 Å². The van der Waals surface area contributed by atoms with E-state index in [9.17, 15) is 9.59 Å². The van der Waals surface area contributed by atoms with Crippen LogP contribution in [-0.2, 0) is 9.68 Å². The van der Waals surface area contributed by atoms with Gasteiger partial charge in [0.2, 0.25) is 0 Å². The molecule has 0 unspecified atom stereocenters. The third-order valence-corrected chi connectivity index (χ3v) is 2.53. The Labute approximate surface area is 102 Å². The van der Waals surface area contributed by atoms with Gasteiger partial charge < -0.3 is 9.68 Å². The van der Waals surface area contributed by atoms with Crippen LogP contribution in [0.3, 0.4) is 0 Å². The minimum absolute atomic E-state index is 0.333. The van der Waals surface area contributed by atoms with Gasteiger partial charge in [0.1, 0.15) is 0 Å². The molecule has 4 N–H and O–H groups in total. The van der Waals surface area contributed by atoms with E-state index in [-0.39, 0.29) is 0 Å². The van der Waals surface area contributed by atoms with Gasteiger partial charge in [0.15, 0.2) is 0 Å². The molecule has 18 heavy (non-hydrogen) atoms. The van der Waals surface area contributed by atoms with Gasteiger partial charge in [-0.25, -0.2) is 9.59 Å². The maximum atomic E-state index is 11.2. The standard InChI is InChI=1S/C12H10N2O4/c13-17-11(15)9-3-1-7-5-10(12(16)18-14)4-2-8(7)6-9/h1-6H,13-14H2. The third kappa shape index (κ3) is 2.15. The predicted molar refractivity (Wildman–Crippen MR) is 63.2 cm³/mol. The number of carbonyl (C=O) groups excluding carboxylic acids is 2. The zero-order valence-electron chi connectivity index (χ0n) is 9.25. The topological polar surface area (TPSA) is 105 Å². The van der Waals surface area contributed by atoms with Crippen LogP contribution in [-0.4, -0.2) is 11.9 Å². The van der Waals surface area contributed by atoms with Crippen molar-refractivity contribution in [2.45, 2.75) is 0 Å². The summed E-state index contributed by atoms with van der Waals surface area (Å²) in [7, 11) is 0. The van der Waals surface area contributed by atoms with Gasteiger partial charge in [-0.05, 0) is 35.0 Å². The summed E-state index contributed by atoms with van der Waals surface area (Å²) >= 11 is 0. The van der Waals surface area contributed by atoms with E-state index in [0.717, 1.165) is 10.8 Å². The molecule has 0 spiro atoms. The predicted octanol–water partition coefficient (Wildman–Crippen LogP) is 0.901. The zero-order valence-corrected chi connectivity index (χ0v) is 9.25. The molecule has 6 nitrogen and oxygen atoms in total. The molecule has 6 heteroatoms. The monoisotopic (exact) mass is 246 g/mol. The van der Waals surface area contributed by atoms with E-state index >= 15 is 0 Å². The van der Waals surface area contributed by atoms with Crippen molar-refractivity contribution in [3.8, 4) is 0 Å². The fourth-order valence-electron chi connectivity index (χ4n) is 1.64. The van der Waals surface area contributed by atoms with Gasteiger partial charge >= 0.3 is 11.9 Å². The number of benzene rings is 2. The summed E-state index contributed by atoms with van der Waals surface area (Å²) in [5.41, 5.74) is 0.665. The summed E-state index contributed by atoms with van der Waals surface area (Å²) in [6.07, 6.45) is 0. The van der Waals surface area contributed by atoms with Crippen LogP contribution in [0.1, 0.15) is 20.7 Å². The molecule has 0 aliphatic heterocycles. The minimum Gasteiger partial charge on any atom is -0.370 e. The maximum absolute atomic E-state index is 11.2. The van der Waals surface area contributed by atoms with Crippen LogP contribution in [0.25, 0.3) is 10.8 Å². The van der Waals surface area contributed by atoms with E-state index in [1.165, 1.54) is 0 Å². The maximum Gasteiger partial charge on any atom is 0.356 e. The molecule has 0 saturated heterocycles. The van der Waals surface area contributed by atoms with Crippen molar-refractivity contribution < 1.29 is 19.3 Å². The molecule has 2 aromatic carbocycles. The van der Waals surface area contributed by atoms with Gasteiger partial charge in [-0.3, -0.25) is 0 Å². The lowest BCUT2D eigenvalue weighted by molar-refractivity contribution is 0.0495. The van der Waals surface area contributed by atoms with Crippen LogP contribution >= 0.6 is 0 Å². The Kier molecular flexibility index (Phi) is 3.22. The van der Waals surface area contributed by atoms with Gasteiger partial charge in [0.05, 0.1) is 11.1 Å². The molecule has 0 atom stereocenters. The number of fused-ring (bicyclic) bond motifs is 1. The van der Waals surface area contributed by atoms with E-state index in [1.807, 2.05) is 0 Å². The Morgan fingerprint density at radius 3 is 1.50 bits per heavy atom. The van der Waals surface area contributed by atoms with Crippen molar-refractivity contribution >= 4 is 22.7 Å². The highest BCUT2D eigenvalue weighted by Crippen LogP contribution is 2.18. The van der Waals surface area contributed by atoms with Crippen LogP contribution < -0.4 is 11.8 Å². The van der Waals surface area contributed by atoms with Crippen molar-refractivity contribution in [2.24, 2.45) is 11.8 Å². The average Bonchev–Trinajstić information content (AvgIpc) is 2.44. The summed E-state index contributed by atoms with van der Waals surface area (Å²) in [6, 6.07) is 9.68. The largest absolute Gasteiger partial charge is 0.370 e. The van der Waals surface area contributed by atoms with Crippen LogP contribution in [0.2, 0.25) is 0 Å². The molecule has 0 aliphatic rings. The molecule has 0 saturated carbocycles. The van der Waals surface area contributed by atoms with Crippen molar-refractivity contribution in [2.75, 3.05) is 0 Å². The highest BCUT2D eigenvalue weighted by Gasteiger charge is 2.09. The second-order valence-electron chi connectivity index (χ2n) is 3.59. The summed E-state index contributed by atoms with van der Waals surface area (Å²) in [4.78, 5) is 30.8. The lowest BCUT2D eigenvalue weighted by Gasteiger charge is -2.03. The molecule has 92 valence electrons. The first-order chi connectivity index (χ1) is 8.65. The number of nitrogens with two attached hydrogens (primary N) is 2.